The highest BCUT2D eigenvalue weighted by molar-refractivity contribution is 5.76. The molecule has 0 aliphatic carbocycles. The maximum Gasteiger partial charge on any atom is 0.0461 e. The van der Waals surface area contributed by atoms with E-state index < -0.39 is 0 Å². The number of hydrogen-bond acceptors (Lipinski definition) is 3. The van der Waals surface area contributed by atoms with Gasteiger partial charge < -0.3 is 14.7 Å². The topological polar surface area (TPSA) is 9.72 Å². The van der Waals surface area contributed by atoms with Crippen LogP contribution in [0.1, 0.15) is 61.4 Å². The molecule has 0 atom stereocenters. The molecule has 44 heavy (non-hydrogen) atoms. The Labute approximate surface area is 265 Å². The molecule has 0 bridgehead atoms. The third kappa shape index (κ3) is 6.53. The Balaban J connectivity index is 1.62. The molecule has 0 saturated heterocycles. The van der Waals surface area contributed by atoms with Crippen molar-refractivity contribution in [1.82, 2.24) is 0 Å². The van der Waals surface area contributed by atoms with Crippen LogP contribution in [0.15, 0.2) is 121 Å². The van der Waals surface area contributed by atoms with Crippen molar-refractivity contribution < 1.29 is 0 Å². The summed E-state index contributed by atoms with van der Waals surface area (Å²) in [5.74, 6) is 0.127. The highest BCUT2D eigenvalue weighted by Gasteiger charge is 2.23. The zero-order valence-electron chi connectivity index (χ0n) is 27.3. The van der Waals surface area contributed by atoms with Crippen LogP contribution in [0.3, 0.4) is 0 Å². The standard InChI is InChI=1S/C41H47N3/c1-7-42(8-2)37-25-27-39(31(5)29-37)41(40-28-26-38(30-32(40)6)43(9-3)10-4)33-21-23-36(24-22-33)44(34-17-13-11-14-18-34)35-19-15-12-16-20-35/h11-30,41H,7-10H2,1-6H3. The Kier molecular flexibility index (Phi) is 10.1. The van der Waals surface area contributed by atoms with E-state index >= 15 is 0 Å². The predicted molar refractivity (Wildman–Crippen MR) is 192 cm³/mol. The number of rotatable bonds is 12. The maximum absolute atomic E-state index is 2.42. The second-order valence-electron chi connectivity index (χ2n) is 11.5. The second-order valence-corrected chi connectivity index (χ2v) is 11.5. The quantitative estimate of drug-likeness (QED) is 0.136. The first-order valence-corrected chi connectivity index (χ1v) is 16.2. The van der Waals surface area contributed by atoms with E-state index in [0.29, 0.717) is 0 Å². The molecule has 5 aromatic rings. The van der Waals surface area contributed by atoms with Crippen LogP contribution in [-0.4, -0.2) is 26.2 Å². The van der Waals surface area contributed by atoms with Crippen molar-refractivity contribution in [3.05, 3.63) is 149 Å². The largest absolute Gasteiger partial charge is 0.372 e. The second kappa shape index (κ2) is 14.3. The molecule has 0 heterocycles. The molecule has 0 N–H and O–H groups in total. The van der Waals surface area contributed by atoms with E-state index in [9.17, 15) is 0 Å². The average Bonchev–Trinajstić information content (AvgIpc) is 3.06. The molecule has 0 unspecified atom stereocenters. The summed E-state index contributed by atoms with van der Waals surface area (Å²) in [5, 5.41) is 0. The van der Waals surface area contributed by atoms with Gasteiger partial charge in [-0.15, -0.1) is 0 Å². The van der Waals surface area contributed by atoms with Gasteiger partial charge in [0.2, 0.25) is 0 Å². The lowest BCUT2D eigenvalue weighted by Crippen LogP contribution is -2.22. The van der Waals surface area contributed by atoms with E-state index in [4.69, 9.17) is 0 Å². The van der Waals surface area contributed by atoms with E-state index in [1.54, 1.807) is 0 Å². The summed E-state index contributed by atoms with van der Waals surface area (Å²) in [6.45, 7) is 17.5. The molecular weight excluding hydrogens is 534 g/mol. The van der Waals surface area contributed by atoms with Gasteiger partial charge in [0.1, 0.15) is 0 Å². The molecular formula is C41H47N3. The van der Waals surface area contributed by atoms with Crippen LogP contribution in [0.2, 0.25) is 0 Å². The van der Waals surface area contributed by atoms with Gasteiger partial charge in [-0.1, -0.05) is 60.7 Å². The van der Waals surface area contributed by atoms with Crippen LogP contribution in [0.25, 0.3) is 0 Å². The highest BCUT2D eigenvalue weighted by Crippen LogP contribution is 2.40. The Morgan fingerprint density at radius 1 is 0.432 bits per heavy atom. The first-order valence-electron chi connectivity index (χ1n) is 16.2. The van der Waals surface area contributed by atoms with Crippen LogP contribution >= 0.6 is 0 Å². The van der Waals surface area contributed by atoms with Gasteiger partial charge in [0.25, 0.3) is 0 Å². The minimum atomic E-state index is 0.127. The zero-order valence-corrected chi connectivity index (χ0v) is 27.3. The summed E-state index contributed by atoms with van der Waals surface area (Å²) < 4.78 is 0. The molecule has 3 nitrogen and oxygen atoms in total. The van der Waals surface area contributed by atoms with Gasteiger partial charge in [0, 0.05) is 60.5 Å². The monoisotopic (exact) mass is 581 g/mol. The Hall–Kier alpha value is -4.50. The van der Waals surface area contributed by atoms with Gasteiger partial charge in [-0.25, -0.2) is 0 Å². The van der Waals surface area contributed by atoms with Crippen LogP contribution in [0.5, 0.6) is 0 Å². The summed E-state index contributed by atoms with van der Waals surface area (Å²) in [6, 6.07) is 44.5. The molecule has 0 aliphatic heterocycles. The minimum Gasteiger partial charge on any atom is -0.372 e. The molecule has 0 amide bonds. The molecule has 0 fully saturated rings. The van der Waals surface area contributed by atoms with Crippen molar-refractivity contribution in [2.75, 3.05) is 40.9 Å². The smallest absolute Gasteiger partial charge is 0.0461 e. The van der Waals surface area contributed by atoms with Crippen molar-refractivity contribution in [2.45, 2.75) is 47.5 Å². The molecule has 0 radical (unpaired) electrons. The first kappa shape index (κ1) is 30.9. The Morgan fingerprint density at radius 2 is 0.795 bits per heavy atom. The van der Waals surface area contributed by atoms with Crippen LogP contribution in [-0.2, 0) is 0 Å². The van der Waals surface area contributed by atoms with Gasteiger partial charge >= 0.3 is 0 Å². The van der Waals surface area contributed by atoms with E-state index in [-0.39, 0.29) is 5.92 Å². The van der Waals surface area contributed by atoms with Crippen LogP contribution in [0, 0.1) is 13.8 Å². The normalized spacial score (nSPS) is 11.1. The lowest BCUT2D eigenvalue weighted by molar-refractivity contribution is 0.859. The highest BCUT2D eigenvalue weighted by atomic mass is 15.1. The third-order valence-corrected chi connectivity index (χ3v) is 8.90. The average molecular weight is 582 g/mol. The number of benzene rings is 5. The summed E-state index contributed by atoms with van der Waals surface area (Å²) >= 11 is 0. The zero-order chi connectivity index (χ0) is 31.1. The molecule has 3 heteroatoms. The minimum absolute atomic E-state index is 0.127. The van der Waals surface area contributed by atoms with Gasteiger partial charge in [-0.2, -0.15) is 0 Å². The third-order valence-electron chi connectivity index (χ3n) is 8.90. The Bertz CT molecular complexity index is 1520. The molecule has 5 aromatic carbocycles. The van der Waals surface area contributed by atoms with E-state index in [1.165, 1.54) is 39.2 Å². The van der Waals surface area contributed by atoms with Crippen molar-refractivity contribution in [2.24, 2.45) is 0 Å². The molecule has 0 aliphatic rings. The number of anilines is 5. The van der Waals surface area contributed by atoms with Crippen molar-refractivity contribution in [1.29, 1.82) is 0 Å². The lowest BCUT2D eigenvalue weighted by atomic mass is 9.81. The summed E-state index contributed by atoms with van der Waals surface area (Å²) in [7, 11) is 0. The molecule has 0 aromatic heterocycles. The van der Waals surface area contributed by atoms with E-state index in [0.717, 1.165) is 43.2 Å². The number of para-hydroxylation sites is 2. The SMILES string of the molecule is CCN(CC)c1ccc(C(c2ccc(N(c3ccccc3)c3ccccc3)cc2)c2ccc(N(CC)CC)cc2C)c(C)c1. The fourth-order valence-corrected chi connectivity index (χ4v) is 6.48. The van der Waals surface area contributed by atoms with Gasteiger partial charge in [-0.05, 0) is 130 Å². The predicted octanol–water partition coefficient (Wildman–Crippen LogP) is 10.6. The van der Waals surface area contributed by atoms with E-state index in [2.05, 4.69) is 178 Å². The van der Waals surface area contributed by atoms with E-state index in [1.807, 2.05) is 0 Å². The first-order chi connectivity index (χ1) is 21.5. The van der Waals surface area contributed by atoms with Crippen LogP contribution < -0.4 is 14.7 Å². The van der Waals surface area contributed by atoms with Crippen molar-refractivity contribution in [3.63, 3.8) is 0 Å². The summed E-state index contributed by atoms with van der Waals surface area (Å²) in [5.41, 5.74) is 12.7. The van der Waals surface area contributed by atoms with Gasteiger partial charge in [-0.3, -0.25) is 0 Å². The fraction of sp³-hybridized carbons (Fsp3) is 0.268. The Morgan fingerprint density at radius 3 is 1.16 bits per heavy atom. The van der Waals surface area contributed by atoms with Gasteiger partial charge in [0.15, 0.2) is 0 Å². The molecule has 0 spiro atoms. The van der Waals surface area contributed by atoms with Crippen molar-refractivity contribution >= 4 is 28.4 Å². The van der Waals surface area contributed by atoms with Crippen molar-refractivity contribution in [3.8, 4) is 0 Å². The summed E-state index contributed by atoms with van der Waals surface area (Å²) in [6.07, 6.45) is 0. The molecule has 5 rings (SSSR count). The van der Waals surface area contributed by atoms with Crippen LogP contribution in [0.4, 0.5) is 28.4 Å². The summed E-state index contributed by atoms with van der Waals surface area (Å²) in [4.78, 5) is 7.17. The number of nitrogens with zero attached hydrogens (tertiary/aromatic N) is 3. The molecule has 0 saturated carbocycles. The number of hydrogen-bond donors (Lipinski definition) is 0. The van der Waals surface area contributed by atoms with Gasteiger partial charge in [0.05, 0.1) is 0 Å². The molecule has 226 valence electrons. The fourth-order valence-electron chi connectivity index (χ4n) is 6.48. The maximum atomic E-state index is 2.42. The number of aryl methyl sites for hydroxylation is 2. The lowest BCUT2D eigenvalue weighted by Gasteiger charge is -2.28.